The summed E-state index contributed by atoms with van der Waals surface area (Å²) in [4.78, 5) is 14.9. The predicted molar refractivity (Wildman–Crippen MR) is 56.5 cm³/mol. The van der Waals surface area contributed by atoms with E-state index in [1.807, 2.05) is 0 Å². The first-order valence-electron chi connectivity index (χ1n) is 4.03. The van der Waals surface area contributed by atoms with Gasteiger partial charge in [0.05, 0.1) is 12.9 Å². The van der Waals surface area contributed by atoms with Gasteiger partial charge in [0.15, 0.2) is 10.8 Å². The van der Waals surface area contributed by atoms with Crippen molar-refractivity contribution < 1.29 is 17.9 Å². The molecule has 0 amide bonds. The molecular weight excluding hydrogens is 240 g/mol. The van der Waals surface area contributed by atoms with Crippen molar-refractivity contribution in [2.75, 3.05) is 17.6 Å². The Morgan fingerprint density at radius 3 is 2.87 bits per heavy atom. The molecule has 1 rings (SSSR count). The lowest BCUT2D eigenvalue weighted by Crippen LogP contribution is -2.10. The van der Waals surface area contributed by atoms with Crippen LogP contribution >= 0.6 is 11.3 Å². The average molecular weight is 250 g/mol. The Morgan fingerprint density at radius 1 is 1.67 bits per heavy atom. The van der Waals surface area contributed by atoms with Gasteiger partial charge in [0.1, 0.15) is 0 Å². The van der Waals surface area contributed by atoms with Crippen LogP contribution in [-0.4, -0.2) is 32.2 Å². The number of anilines is 1. The van der Waals surface area contributed by atoms with Crippen LogP contribution in [0.4, 0.5) is 5.13 Å². The second kappa shape index (κ2) is 4.58. The van der Waals surface area contributed by atoms with Crippen molar-refractivity contribution in [2.24, 2.45) is 0 Å². The molecule has 0 bridgehead atoms. The van der Waals surface area contributed by atoms with Gasteiger partial charge in [-0.15, -0.1) is 11.3 Å². The lowest BCUT2D eigenvalue weighted by Gasteiger charge is -1.97. The minimum absolute atomic E-state index is 0.105. The van der Waals surface area contributed by atoms with E-state index >= 15 is 0 Å². The van der Waals surface area contributed by atoms with Gasteiger partial charge in [-0.3, -0.25) is 4.72 Å². The van der Waals surface area contributed by atoms with Crippen LogP contribution in [0.5, 0.6) is 0 Å². The Balaban J connectivity index is 2.77. The van der Waals surface area contributed by atoms with E-state index in [4.69, 9.17) is 4.74 Å². The minimum atomic E-state index is -3.36. The predicted octanol–water partition coefficient (Wildman–Crippen LogP) is 0.691. The fourth-order valence-electron chi connectivity index (χ4n) is 0.778. The smallest absolute Gasteiger partial charge is 0.357 e. The zero-order chi connectivity index (χ0) is 11.5. The summed E-state index contributed by atoms with van der Waals surface area (Å²) in [6.07, 6.45) is 1.01. The summed E-state index contributed by atoms with van der Waals surface area (Å²) >= 11 is 1.03. The summed E-state index contributed by atoms with van der Waals surface area (Å²) in [5, 5.41) is 1.59. The van der Waals surface area contributed by atoms with Gasteiger partial charge in [-0.25, -0.2) is 18.2 Å². The van der Waals surface area contributed by atoms with Crippen molar-refractivity contribution in [3.63, 3.8) is 0 Å². The highest BCUT2D eigenvalue weighted by Crippen LogP contribution is 2.16. The molecule has 0 radical (unpaired) electrons. The van der Waals surface area contributed by atoms with Crippen molar-refractivity contribution in [3.8, 4) is 0 Å². The number of hydrogen-bond donors (Lipinski definition) is 1. The van der Waals surface area contributed by atoms with E-state index in [0.717, 1.165) is 17.6 Å². The highest BCUT2D eigenvalue weighted by atomic mass is 32.2. The van der Waals surface area contributed by atoms with Gasteiger partial charge in [0, 0.05) is 5.38 Å². The standard InChI is InChI=1S/C7H10N2O4S2/c1-3-13-6(10)5-4-14-7(8-5)9-15(2,11)12/h4H,3H2,1-2H3,(H,8,9). The molecule has 0 aliphatic carbocycles. The molecule has 84 valence electrons. The number of hydrogen-bond acceptors (Lipinski definition) is 6. The molecule has 0 unspecified atom stereocenters. The Morgan fingerprint density at radius 2 is 2.33 bits per heavy atom. The normalized spacial score (nSPS) is 11.1. The van der Waals surface area contributed by atoms with Crippen molar-refractivity contribution in [2.45, 2.75) is 6.92 Å². The molecule has 1 heterocycles. The van der Waals surface area contributed by atoms with E-state index in [-0.39, 0.29) is 17.4 Å². The Kier molecular flexibility index (Phi) is 3.64. The molecule has 6 nitrogen and oxygen atoms in total. The summed E-state index contributed by atoms with van der Waals surface area (Å²) in [5.41, 5.74) is 0.105. The summed E-state index contributed by atoms with van der Waals surface area (Å²) < 4.78 is 28.6. The number of sulfonamides is 1. The largest absolute Gasteiger partial charge is 0.461 e. The SMILES string of the molecule is CCOC(=O)c1csc(NS(C)(=O)=O)n1. The highest BCUT2D eigenvalue weighted by Gasteiger charge is 2.13. The maximum Gasteiger partial charge on any atom is 0.357 e. The van der Waals surface area contributed by atoms with Gasteiger partial charge in [-0.1, -0.05) is 0 Å². The van der Waals surface area contributed by atoms with Gasteiger partial charge in [-0.05, 0) is 6.92 Å². The van der Waals surface area contributed by atoms with Crippen molar-refractivity contribution in [1.82, 2.24) is 4.98 Å². The Labute approximate surface area is 91.3 Å². The van der Waals surface area contributed by atoms with Gasteiger partial charge in [0.2, 0.25) is 10.0 Å². The first-order chi connectivity index (χ1) is 6.92. The molecule has 0 aliphatic rings. The quantitative estimate of drug-likeness (QED) is 0.795. The van der Waals surface area contributed by atoms with Gasteiger partial charge < -0.3 is 4.74 Å². The van der Waals surface area contributed by atoms with E-state index in [2.05, 4.69) is 9.71 Å². The third-order valence-electron chi connectivity index (χ3n) is 1.26. The monoisotopic (exact) mass is 250 g/mol. The number of carbonyl (C=O) groups excluding carboxylic acids is 1. The highest BCUT2D eigenvalue weighted by molar-refractivity contribution is 7.92. The third kappa shape index (κ3) is 3.84. The van der Waals surface area contributed by atoms with E-state index in [1.54, 1.807) is 6.92 Å². The number of ether oxygens (including phenoxy) is 1. The van der Waals surface area contributed by atoms with Gasteiger partial charge in [0.25, 0.3) is 0 Å². The van der Waals surface area contributed by atoms with Crippen LogP contribution in [0.3, 0.4) is 0 Å². The number of carbonyl (C=O) groups is 1. The fraction of sp³-hybridized carbons (Fsp3) is 0.429. The maximum absolute atomic E-state index is 11.2. The first-order valence-corrected chi connectivity index (χ1v) is 6.80. The molecule has 1 N–H and O–H groups in total. The van der Waals surface area contributed by atoms with E-state index in [9.17, 15) is 13.2 Å². The zero-order valence-corrected chi connectivity index (χ0v) is 9.81. The summed E-state index contributed by atoms with van der Waals surface area (Å²) in [6.45, 7) is 1.94. The Bertz CT molecular complexity index is 451. The number of thiazole rings is 1. The van der Waals surface area contributed by atoms with Crippen LogP contribution in [0.2, 0.25) is 0 Å². The zero-order valence-electron chi connectivity index (χ0n) is 8.18. The second-order valence-corrected chi connectivity index (χ2v) is 5.24. The third-order valence-corrected chi connectivity index (χ3v) is 2.71. The van der Waals surface area contributed by atoms with Crippen LogP contribution in [0.1, 0.15) is 17.4 Å². The second-order valence-electron chi connectivity index (χ2n) is 2.63. The van der Waals surface area contributed by atoms with Gasteiger partial charge >= 0.3 is 5.97 Å². The molecule has 0 spiro atoms. The van der Waals surface area contributed by atoms with Gasteiger partial charge in [-0.2, -0.15) is 0 Å². The molecule has 0 fully saturated rings. The van der Waals surface area contributed by atoms with Crippen LogP contribution in [0.25, 0.3) is 0 Å². The van der Waals surface area contributed by atoms with Crippen molar-refractivity contribution in [3.05, 3.63) is 11.1 Å². The van der Waals surface area contributed by atoms with Crippen LogP contribution < -0.4 is 4.72 Å². The molecule has 0 atom stereocenters. The fourth-order valence-corrected chi connectivity index (χ4v) is 2.31. The number of aromatic nitrogens is 1. The topological polar surface area (TPSA) is 85.4 Å². The minimum Gasteiger partial charge on any atom is -0.461 e. The van der Waals surface area contributed by atoms with Crippen LogP contribution in [0, 0.1) is 0 Å². The number of rotatable bonds is 4. The maximum atomic E-state index is 11.2. The number of nitrogens with zero attached hydrogens (tertiary/aromatic N) is 1. The molecule has 1 aromatic rings. The molecule has 15 heavy (non-hydrogen) atoms. The van der Waals surface area contributed by atoms with E-state index in [1.165, 1.54) is 5.38 Å². The average Bonchev–Trinajstić information content (AvgIpc) is 2.50. The Hall–Kier alpha value is -1.15. The summed E-state index contributed by atoms with van der Waals surface area (Å²) in [6, 6.07) is 0. The number of esters is 1. The molecule has 0 saturated heterocycles. The lowest BCUT2D eigenvalue weighted by atomic mass is 10.5. The molecule has 8 heteroatoms. The van der Waals surface area contributed by atoms with E-state index in [0.29, 0.717) is 0 Å². The number of nitrogens with one attached hydrogen (secondary N) is 1. The molecule has 0 aliphatic heterocycles. The molecule has 1 aromatic heterocycles. The molecular formula is C7H10N2O4S2. The van der Waals surface area contributed by atoms with E-state index < -0.39 is 16.0 Å². The molecule has 0 aromatic carbocycles. The summed E-state index contributed by atoms with van der Waals surface area (Å²) in [7, 11) is -3.36. The first kappa shape index (κ1) is 11.9. The molecule has 0 saturated carbocycles. The lowest BCUT2D eigenvalue weighted by molar-refractivity contribution is 0.0520. The summed E-state index contributed by atoms with van der Waals surface area (Å²) in [5.74, 6) is -0.560. The van der Waals surface area contributed by atoms with Crippen molar-refractivity contribution in [1.29, 1.82) is 0 Å². The van der Waals surface area contributed by atoms with Crippen LogP contribution in [-0.2, 0) is 14.8 Å². The van der Waals surface area contributed by atoms with Crippen molar-refractivity contribution >= 4 is 32.5 Å². The van der Waals surface area contributed by atoms with Crippen LogP contribution in [0.15, 0.2) is 5.38 Å².